The third kappa shape index (κ3) is 4.20. The third-order valence-corrected chi connectivity index (χ3v) is 4.07. The maximum atomic E-state index is 12.3. The summed E-state index contributed by atoms with van der Waals surface area (Å²) in [4.78, 5) is 27.1. The SMILES string of the molecule is Cc1cc(C)c2nc(C)cc(NC(=O)COc3ccc([N+](=O)[O-])cc3)c2c1. The molecule has 0 unspecified atom stereocenters. The van der Waals surface area contributed by atoms with Gasteiger partial charge in [0.1, 0.15) is 5.75 Å². The molecule has 2 aromatic carbocycles. The van der Waals surface area contributed by atoms with Crippen molar-refractivity contribution in [2.45, 2.75) is 20.8 Å². The zero-order valence-electron chi connectivity index (χ0n) is 15.3. The number of nitro benzene ring substituents is 1. The van der Waals surface area contributed by atoms with Crippen molar-refractivity contribution in [1.82, 2.24) is 4.98 Å². The van der Waals surface area contributed by atoms with E-state index in [2.05, 4.69) is 16.4 Å². The molecule has 0 aliphatic heterocycles. The number of fused-ring (bicyclic) bond motifs is 1. The fourth-order valence-corrected chi connectivity index (χ4v) is 2.91. The molecule has 1 amide bonds. The number of amides is 1. The molecule has 0 aliphatic rings. The molecule has 0 bridgehead atoms. The number of aryl methyl sites for hydroxylation is 3. The van der Waals surface area contributed by atoms with E-state index in [1.165, 1.54) is 24.3 Å². The first-order valence-corrected chi connectivity index (χ1v) is 8.39. The molecule has 3 aromatic rings. The first-order chi connectivity index (χ1) is 12.8. The van der Waals surface area contributed by atoms with Gasteiger partial charge in [0.05, 0.1) is 16.1 Å². The van der Waals surface area contributed by atoms with E-state index < -0.39 is 4.92 Å². The van der Waals surface area contributed by atoms with E-state index in [4.69, 9.17) is 4.74 Å². The first-order valence-electron chi connectivity index (χ1n) is 8.39. The van der Waals surface area contributed by atoms with Crippen LogP contribution in [-0.2, 0) is 4.79 Å². The van der Waals surface area contributed by atoms with Gasteiger partial charge >= 0.3 is 0 Å². The van der Waals surface area contributed by atoms with Gasteiger partial charge in [-0.3, -0.25) is 19.9 Å². The van der Waals surface area contributed by atoms with Gasteiger partial charge in [0.2, 0.25) is 0 Å². The Hall–Kier alpha value is -3.48. The van der Waals surface area contributed by atoms with Gasteiger partial charge in [0.25, 0.3) is 11.6 Å². The van der Waals surface area contributed by atoms with Crippen molar-refractivity contribution >= 4 is 28.2 Å². The van der Waals surface area contributed by atoms with Crippen LogP contribution in [0.5, 0.6) is 5.75 Å². The maximum absolute atomic E-state index is 12.3. The number of pyridine rings is 1. The van der Waals surface area contributed by atoms with Gasteiger partial charge in [0, 0.05) is 23.2 Å². The largest absolute Gasteiger partial charge is 0.484 e. The van der Waals surface area contributed by atoms with Crippen molar-refractivity contribution in [1.29, 1.82) is 0 Å². The number of nitro groups is 1. The fraction of sp³-hybridized carbons (Fsp3) is 0.200. The topological polar surface area (TPSA) is 94.4 Å². The van der Waals surface area contributed by atoms with Crippen LogP contribution in [0.15, 0.2) is 42.5 Å². The van der Waals surface area contributed by atoms with Crippen LogP contribution in [0, 0.1) is 30.9 Å². The summed E-state index contributed by atoms with van der Waals surface area (Å²) in [5.74, 6) is 0.0672. The molecule has 7 heteroatoms. The van der Waals surface area contributed by atoms with Gasteiger partial charge < -0.3 is 10.1 Å². The minimum Gasteiger partial charge on any atom is -0.484 e. The maximum Gasteiger partial charge on any atom is 0.269 e. The van der Waals surface area contributed by atoms with Crippen molar-refractivity contribution in [3.05, 3.63) is 69.4 Å². The molecule has 0 saturated heterocycles. The van der Waals surface area contributed by atoms with Crippen LogP contribution in [0.25, 0.3) is 10.9 Å². The smallest absolute Gasteiger partial charge is 0.269 e. The van der Waals surface area contributed by atoms with Crippen molar-refractivity contribution in [2.24, 2.45) is 0 Å². The lowest BCUT2D eigenvalue weighted by Gasteiger charge is -2.12. The van der Waals surface area contributed by atoms with Gasteiger partial charge in [-0.05, 0) is 50.6 Å². The lowest BCUT2D eigenvalue weighted by Crippen LogP contribution is -2.20. The molecule has 0 fully saturated rings. The first kappa shape index (κ1) is 18.3. The lowest BCUT2D eigenvalue weighted by molar-refractivity contribution is -0.384. The highest BCUT2D eigenvalue weighted by atomic mass is 16.6. The van der Waals surface area contributed by atoms with E-state index in [-0.39, 0.29) is 18.2 Å². The van der Waals surface area contributed by atoms with E-state index >= 15 is 0 Å². The predicted molar refractivity (Wildman–Crippen MR) is 103 cm³/mol. The monoisotopic (exact) mass is 365 g/mol. The van der Waals surface area contributed by atoms with Crippen molar-refractivity contribution in [3.63, 3.8) is 0 Å². The highest BCUT2D eigenvalue weighted by Gasteiger charge is 2.11. The van der Waals surface area contributed by atoms with Crippen LogP contribution in [-0.4, -0.2) is 22.4 Å². The summed E-state index contributed by atoms with van der Waals surface area (Å²) in [6, 6.07) is 11.5. The molecule has 3 rings (SSSR count). The molecule has 1 heterocycles. The number of hydrogen-bond acceptors (Lipinski definition) is 5. The van der Waals surface area contributed by atoms with Crippen LogP contribution >= 0.6 is 0 Å². The zero-order valence-corrected chi connectivity index (χ0v) is 15.3. The van der Waals surface area contributed by atoms with Crippen molar-refractivity contribution in [2.75, 3.05) is 11.9 Å². The number of nitrogens with one attached hydrogen (secondary N) is 1. The number of ether oxygens (including phenoxy) is 1. The Balaban J connectivity index is 1.75. The second-order valence-corrected chi connectivity index (χ2v) is 6.38. The van der Waals surface area contributed by atoms with Gasteiger partial charge in [-0.2, -0.15) is 0 Å². The molecule has 7 nitrogen and oxygen atoms in total. The zero-order chi connectivity index (χ0) is 19.6. The van der Waals surface area contributed by atoms with Crippen LogP contribution in [0.4, 0.5) is 11.4 Å². The Morgan fingerprint density at radius 3 is 2.52 bits per heavy atom. The number of nitrogens with zero attached hydrogens (tertiary/aromatic N) is 2. The summed E-state index contributed by atoms with van der Waals surface area (Å²) < 4.78 is 5.41. The summed E-state index contributed by atoms with van der Waals surface area (Å²) >= 11 is 0. The van der Waals surface area contributed by atoms with Crippen LogP contribution in [0.1, 0.15) is 16.8 Å². The number of anilines is 1. The second kappa shape index (κ2) is 7.41. The summed E-state index contributed by atoms with van der Waals surface area (Å²) in [5.41, 5.74) is 4.45. The molecule has 0 aliphatic carbocycles. The Labute approximate surface area is 156 Å². The number of rotatable bonds is 5. The Kier molecular flexibility index (Phi) is 5.03. The fourth-order valence-electron chi connectivity index (χ4n) is 2.91. The summed E-state index contributed by atoms with van der Waals surface area (Å²) in [6.07, 6.45) is 0. The summed E-state index contributed by atoms with van der Waals surface area (Å²) in [6.45, 7) is 5.66. The van der Waals surface area contributed by atoms with Gasteiger partial charge in [-0.25, -0.2) is 0 Å². The summed E-state index contributed by atoms with van der Waals surface area (Å²) in [5, 5.41) is 14.4. The highest BCUT2D eigenvalue weighted by Crippen LogP contribution is 2.27. The molecule has 0 saturated carbocycles. The Morgan fingerprint density at radius 2 is 1.85 bits per heavy atom. The summed E-state index contributed by atoms with van der Waals surface area (Å²) in [7, 11) is 0. The molecule has 0 atom stereocenters. The molecule has 0 radical (unpaired) electrons. The number of benzene rings is 2. The van der Waals surface area contributed by atoms with E-state index in [9.17, 15) is 14.9 Å². The highest BCUT2D eigenvalue weighted by molar-refractivity contribution is 6.02. The number of carbonyl (C=O) groups is 1. The molecule has 1 N–H and O–H groups in total. The van der Waals surface area contributed by atoms with E-state index in [0.29, 0.717) is 11.4 Å². The average molecular weight is 365 g/mol. The van der Waals surface area contributed by atoms with Crippen LogP contribution < -0.4 is 10.1 Å². The molecular weight excluding hydrogens is 346 g/mol. The molecule has 1 aromatic heterocycles. The van der Waals surface area contributed by atoms with Crippen molar-refractivity contribution in [3.8, 4) is 5.75 Å². The van der Waals surface area contributed by atoms with Gasteiger partial charge in [0.15, 0.2) is 6.61 Å². The lowest BCUT2D eigenvalue weighted by atomic mass is 10.0. The van der Waals surface area contributed by atoms with Crippen LogP contribution in [0.3, 0.4) is 0 Å². The number of non-ortho nitro benzene ring substituents is 1. The quantitative estimate of drug-likeness (QED) is 0.543. The molecule has 0 spiro atoms. The minimum absolute atomic E-state index is 0.0312. The minimum atomic E-state index is -0.489. The van der Waals surface area contributed by atoms with Crippen LogP contribution in [0.2, 0.25) is 0 Å². The predicted octanol–water partition coefficient (Wildman–Crippen LogP) is 4.09. The number of hydrogen-bond donors (Lipinski definition) is 1. The van der Waals surface area contributed by atoms with Gasteiger partial charge in [-0.1, -0.05) is 11.6 Å². The Bertz CT molecular complexity index is 1030. The average Bonchev–Trinajstić information content (AvgIpc) is 2.61. The van der Waals surface area contributed by atoms with Gasteiger partial charge in [-0.15, -0.1) is 0 Å². The molecule has 138 valence electrons. The molecular formula is C20H19N3O4. The van der Waals surface area contributed by atoms with E-state index in [0.717, 1.165) is 27.7 Å². The van der Waals surface area contributed by atoms with Crippen molar-refractivity contribution < 1.29 is 14.5 Å². The third-order valence-electron chi connectivity index (χ3n) is 4.07. The standard InChI is InChI=1S/C20H19N3O4/c1-12-8-13(2)20-17(9-12)18(10-14(3)21-20)22-19(24)11-27-16-6-4-15(5-7-16)23(25)26/h4-10H,11H2,1-3H3,(H,21,22,24). The Morgan fingerprint density at radius 1 is 1.15 bits per heavy atom. The number of carbonyl (C=O) groups excluding carboxylic acids is 1. The normalized spacial score (nSPS) is 10.6. The molecule has 27 heavy (non-hydrogen) atoms. The van der Waals surface area contributed by atoms with E-state index in [1.54, 1.807) is 0 Å². The van der Waals surface area contributed by atoms with E-state index in [1.807, 2.05) is 32.9 Å². The second-order valence-electron chi connectivity index (χ2n) is 6.38. The number of aromatic nitrogens is 1.